The summed E-state index contributed by atoms with van der Waals surface area (Å²) in [6.07, 6.45) is 1.49. The smallest absolute Gasteiger partial charge is 0.338 e. The number of benzene rings is 2. The van der Waals surface area contributed by atoms with Crippen LogP contribution in [0.5, 0.6) is 0 Å². The molecule has 3 rings (SSSR count). The van der Waals surface area contributed by atoms with Gasteiger partial charge in [-0.05, 0) is 30.5 Å². The molecule has 3 aromatic rings. The maximum atomic E-state index is 12.6. The van der Waals surface area contributed by atoms with Crippen molar-refractivity contribution in [2.45, 2.75) is 6.92 Å². The van der Waals surface area contributed by atoms with Crippen molar-refractivity contribution in [2.24, 2.45) is 0 Å². The van der Waals surface area contributed by atoms with Crippen LogP contribution in [-0.2, 0) is 4.74 Å². The molecule has 0 fully saturated rings. The third-order valence-corrected chi connectivity index (χ3v) is 4.08. The summed E-state index contributed by atoms with van der Waals surface area (Å²) in [6.45, 7) is 1.74. The third kappa shape index (κ3) is 3.32. The molecule has 0 aliphatic heterocycles. The highest BCUT2D eigenvalue weighted by Crippen LogP contribution is 2.28. The molecule has 25 heavy (non-hydrogen) atoms. The minimum absolute atomic E-state index is 0.316. The molecule has 2 aromatic carbocycles. The topological polar surface area (TPSA) is 68.3 Å². The largest absolute Gasteiger partial charge is 0.465 e. The predicted octanol–water partition coefficient (Wildman–Crippen LogP) is 4.24. The highest BCUT2D eigenvalue weighted by atomic mass is 35.5. The molecular weight excluding hydrogens is 340 g/mol. The van der Waals surface area contributed by atoms with Gasteiger partial charge in [0.25, 0.3) is 5.91 Å². The second-order valence-electron chi connectivity index (χ2n) is 5.44. The van der Waals surface area contributed by atoms with Gasteiger partial charge in [-0.3, -0.25) is 9.78 Å². The van der Waals surface area contributed by atoms with E-state index in [0.29, 0.717) is 32.9 Å². The lowest BCUT2D eigenvalue weighted by atomic mass is 10.0. The number of fused-ring (bicyclic) bond motifs is 1. The maximum absolute atomic E-state index is 12.6. The van der Waals surface area contributed by atoms with Crippen molar-refractivity contribution < 1.29 is 14.3 Å². The number of aromatic nitrogens is 1. The molecule has 0 unspecified atom stereocenters. The second kappa shape index (κ2) is 6.91. The molecule has 1 aromatic heterocycles. The number of carbonyl (C=O) groups excluding carboxylic acids is 2. The van der Waals surface area contributed by atoms with Crippen LogP contribution in [0, 0.1) is 6.92 Å². The molecular formula is C19H15ClN2O3. The van der Waals surface area contributed by atoms with E-state index in [-0.39, 0.29) is 5.91 Å². The summed E-state index contributed by atoms with van der Waals surface area (Å²) in [6, 6.07) is 12.2. The monoisotopic (exact) mass is 354 g/mol. The Hall–Kier alpha value is -2.92. The lowest BCUT2D eigenvalue weighted by Crippen LogP contribution is -2.15. The van der Waals surface area contributed by atoms with Crippen LogP contribution in [0.4, 0.5) is 5.69 Å². The van der Waals surface area contributed by atoms with Crippen molar-refractivity contribution in [3.63, 3.8) is 0 Å². The van der Waals surface area contributed by atoms with Gasteiger partial charge in [-0.15, -0.1) is 0 Å². The first-order valence-electron chi connectivity index (χ1n) is 7.55. The first kappa shape index (κ1) is 16.9. The Morgan fingerprint density at radius 2 is 1.80 bits per heavy atom. The normalized spacial score (nSPS) is 10.5. The molecule has 6 heteroatoms. The minimum atomic E-state index is -0.427. The molecule has 0 spiro atoms. The number of hydrogen-bond acceptors (Lipinski definition) is 4. The molecule has 0 saturated carbocycles. The Morgan fingerprint density at radius 1 is 1.08 bits per heavy atom. The Bertz CT molecular complexity index is 986. The number of aryl methyl sites for hydroxylation is 1. The van der Waals surface area contributed by atoms with Crippen LogP contribution >= 0.6 is 11.6 Å². The van der Waals surface area contributed by atoms with Gasteiger partial charge in [0.2, 0.25) is 0 Å². The average Bonchev–Trinajstić information content (AvgIpc) is 2.63. The molecule has 0 aliphatic carbocycles. The van der Waals surface area contributed by atoms with E-state index in [9.17, 15) is 9.59 Å². The standard InChI is InChI=1S/C19H15ClN2O3/c1-11-16(9-12(20)10-21-11)18(23)22-17-8-7-15(19(24)25-2)13-5-3-4-6-14(13)17/h3-10H,1-2H3,(H,22,23). The zero-order valence-corrected chi connectivity index (χ0v) is 14.4. The number of amides is 1. The van der Waals surface area contributed by atoms with Gasteiger partial charge >= 0.3 is 5.97 Å². The van der Waals surface area contributed by atoms with Gasteiger partial charge in [-0.1, -0.05) is 35.9 Å². The lowest BCUT2D eigenvalue weighted by Gasteiger charge is -2.12. The van der Waals surface area contributed by atoms with Crippen LogP contribution in [0.2, 0.25) is 5.02 Å². The predicted molar refractivity (Wildman–Crippen MR) is 97.2 cm³/mol. The highest BCUT2D eigenvalue weighted by Gasteiger charge is 2.16. The van der Waals surface area contributed by atoms with Crippen molar-refractivity contribution in [3.05, 3.63) is 70.5 Å². The molecule has 0 aliphatic rings. The number of nitrogens with one attached hydrogen (secondary N) is 1. The fraction of sp³-hybridized carbons (Fsp3) is 0.105. The molecule has 0 radical (unpaired) electrons. The van der Waals surface area contributed by atoms with Gasteiger partial charge < -0.3 is 10.1 Å². The van der Waals surface area contributed by atoms with E-state index >= 15 is 0 Å². The van der Waals surface area contributed by atoms with Crippen LogP contribution < -0.4 is 5.32 Å². The quantitative estimate of drug-likeness (QED) is 0.714. The number of anilines is 1. The van der Waals surface area contributed by atoms with Crippen molar-refractivity contribution in [1.29, 1.82) is 0 Å². The Balaban J connectivity index is 2.04. The number of halogens is 1. The van der Waals surface area contributed by atoms with E-state index < -0.39 is 5.97 Å². The number of ether oxygens (including phenoxy) is 1. The maximum Gasteiger partial charge on any atom is 0.338 e. The van der Waals surface area contributed by atoms with Gasteiger partial charge in [0, 0.05) is 17.3 Å². The second-order valence-corrected chi connectivity index (χ2v) is 5.87. The van der Waals surface area contributed by atoms with E-state index in [2.05, 4.69) is 10.3 Å². The Morgan fingerprint density at radius 3 is 2.52 bits per heavy atom. The molecule has 1 heterocycles. The zero-order valence-electron chi connectivity index (χ0n) is 13.7. The first-order chi connectivity index (χ1) is 12.0. The SMILES string of the molecule is COC(=O)c1ccc(NC(=O)c2cc(Cl)cnc2C)c2ccccc12. The summed E-state index contributed by atoms with van der Waals surface area (Å²) in [5.74, 6) is -0.743. The summed E-state index contributed by atoms with van der Waals surface area (Å²) in [5, 5.41) is 4.70. The fourth-order valence-corrected chi connectivity index (χ4v) is 2.78. The van der Waals surface area contributed by atoms with E-state index in [0.717, 1.165) is 5.39 Å². The number of methoxy groups -OCH3 is 1. The summed E-state index contributed by atoms with van der Waals surface area (Å²) in [5.41, 5.74) is 2.01. The zero-order chi connectivity index (χ0) is 18.0. The van der Waals surface area contributed by atoms with Crippen LogP contribution in [0.15, 0.2) is 48.7 Å². The van der Waals surface area contributed by atoms with Crippen LogP contribution in [0.1, 0.15) is 26.4 Å². The van der Waals surface area contributed by atoms with Crippen LogP contribution in [0.3, 0.4) is 0 Å². The average molecular weight is 355 g/mol. The van der Waals surface area contributed by atoms with Crippen LogP contribution in [-0.4, -0.2) is 24.0 Å². The number of esters is 1. The van der Waals surface area contributed by atoms with E-state index in [1.165, 1.54) is 13.3 Å². The number of pyridine rings is 1. The van der Waals surface area contributed by atoms with E-state index in [1.54, 1.807) is 25.1 Å². The molecule has 0 saturated heterocycles. The number of rotatable bonds is 3. The molecule has 1 amide bonds. The fourth-order valence-electron chi connectivity index (χ4n) is 2.62. The summed E-state index contributed by atoms with van der Waals surface area (Å²) in [7, 11) is 1.34. The van der Waals surface area contributed by atoms with Crippen LogP contribution in [0.25, 0.3) is 10.8 Å². The van der Waals surface area contributed by atoms with E-state index in [4.69, 9.17) is 16.3 Å². The first-order valence-corrected chi connectivity index (χ1v) is 7.92. The van der Waals surface area contributed by atoms with Gasteiger partial charge in [0.05, 0.1) is 29.0 Å². The molecule has 126 valence electrons. The van der Waals surface area contributed by atoms with Gasteiger partial charge in [0.15, 0.2) is 0 Å². The number of nitrogens with zero attached hydrogens (tertiary/aromatic N) is 1. The molecule has 0 bridgehead atoms. The third-order valence-electron chi connectivity index (χ3n) is 3.88. The van der Waals surface area contributed by atoms with Gasteiger partial charge in [-0.2, -0.15) is 0 Å². The van der Waals surface area contributed by atoms with Gasteiger partial charge in [-0.25, -0.2) is 4.79 Å². The number of carbonyl (C=O) groups is 2. The number of hydrogen-bond donors (Lipinski definition) is 1. The summed E-state index contributed by atoms with van der Waals surface area (Å²) < 4.78 is 4.81. The lowest BCUT2D eigenvalue weighted by molar-refractivity contribution is 0.0603. The molecule has 1 N–H and O–H groups in total. The molecule has 5 nitrogen and oxygen atoms in total. The van der Waals surface area contributed by atoms with Crippen molar-refractivity contribution in [2.75, 3.05) is 12.4 Å². The van der Waals surface area contributed by atoms with Gasteiger partial charge in [0.1, 0.15) is 0 Å². The Kier molecular flexibility index (Phi) is 4.67. The molecule has 0 atom stereocenters. The summed E-state index contributed by atoms with van der Waals surface area (Å²) in [4.78, 5) is 28.6. The van der Waals surface area contributed by atoms with E-state index in [1.807, 2.05) is 24.3 Å². The summed E-state index contributed by atoms with van der Waals surface area (Å²) >= 11 is 5.94. The van der Waals surface area contributed by atoms with Crippen molar-refractivity contribution in [1.82, 2.24) is 4.98 Å². The van der Waals surface area contributed by atoms with Crippen molar-refractivity contribution >= 4 is 39.9 Å². The van der Waals surface area contributed by atoms with Crippen molar-refractivity contribution in [3.8, 4) is 0 Å². The Labute approximate surface area is 149 Å². The minimum Gasteiger partial charge on any atom is -0.465 e. The highest BCUT2D eigenvalue weighted by molar-refractivity contribution is 6.31.